The van der Waals surface area contributed by atoms with E-state index in [0.717, 1.165) is 34.0 Å². The van der Waals surface area contributed by atoms with Crippen molar-refractivity contribution in [3.8, 4) is 5.75 Å². The van der Waals surface area contributed by atoms with Crippen LogP contribution in [0.15, 0.2) is 34.9 Å². The van der Waals surface area contributed by atoms with Crippen molar-refractivity contribution in [1.82, 2.24) is 9.97 Å². The third-order valence-corrected chi connectivity index (χ3v) is 3.07. The minimum atomic E-state index is 0.698. The van der Waals surface area contributed by atoms with Gasteiger partial charge in [0.05, 0.1) is 7.11 Å². The summed E-state index contributed by atoms with van der Waals surface area (Å²) in [6.07, 6.45) is 0.813. The fourth-order valence-corrected chi connectivity index (χ4v) is 2.11. The van der Waals surface area contributed by atoms with Gasteiger partial charge in [-0.15, -0.1) is 0 Å². The van der Waals surface area contributed by atoms with E-state index in [1.54, 1.807) is 7.11 Å². The zero-order valence-electron chi connectivity index (χ0n) is 11.0. The molecule has 0 radical (unpaired) electrons. The molecule has 1 aromatic heterocycles. The molecule has 0 amide bonds. The lowest BCUT2D eigenvalue weighted by molar-refractivity contribution is 0.414. The van der Waals surface area contributed by atoms with E-state index in [-0.39, 0.29) is 0 Å². The fraction of sp³-hybridized carbons (Fsp3) is 0.286. The Morgan fingerprint density at radius 2 is 2.11 bits per heavy atom. The van der Waals surface area contributed by atoms with Crippen molar-refractivity contribution in [3.05, 3.63) is 46.3 Å². The molecule has 0 unspecified atom stereocenters. The molecule has 1 heterocycles. The van der Waals surface area contributed by atoms with Gasteiger partial charge in [-0.2, -0.15) is 0 Å². The van der Waals surface area contributed by atoms with Crippen LogP contribution in [-0.2, 0) is 13.0 Å². The highest BCUT2D eigenvalue weighted by Gasteiger charge is 2.02. The van der Waals surface area contributed by atoms with Gasteiger partial charge in [-0.05, 0) is 33.6 Å². The highest BCUT2D eigenvalue weighted by atomic mass is 79.9. The Hall–Kier alpha value is -1.62. The summed E-state index contributed by atoms with van der Waals surface area (Å²) in [6.45, 7) is 2.73. The van der Waals surface area contributed by atoms with E-state index in [1.807, 2.05) is 37.3 Å². The van der Waals surface area contributed by atoms with Crippen molar-refractivity contribution in [2.75, 3.05) is 12.4 Å². The Morgan fingerprint density at radius 1 is 1.26 bits per heavy atom. The normalized spacial score (nSPS) is 10.3. The van der Waals surface area contributed by atoms with Gasteiger partial charge in [-0.3, -0.25) is 0 Å². The summed E-state index contributed by atoms with van der Waals surface area (Å²) in [5.41, 5.74) is 1.15. The van der Waals surface area contributed by atoms with Crippen molar-refractivity contribution >= 4 is 21.7 Å². The molecule has 0 saturated carbocycles. The number of halogens is 1. The number of benzene rings is 1. The fourth-order valence-electron chi connectivity index (χ4n) is 1.69. The van der Waals surface area contributed by atoms with Crippen LogP contribution in [0, 0.1) is 0 Å². The lowest BCUT2D eigenvalue weighted by Gasteiger charge is -2.08. The van der Waals surface area contributed by atoms with Crippen molar-refractivity contribution in [3.63, 3.8) is 0 Å². The molecular weight excluding hydrogens is 306 g/mol. The van der Waals surface area contributed by atoms with Gasteiger partial charge >= 0.3 is 0 Å². The summed E-state index contributed by atoms with van der Waals surface area (Å²) in [6, 6.07) is 9.83. The molecular formula is C14H16BrN3O. The summed E-state index contributed by atoms with van der Waals surface area (Å²) in [5.74, 6) is 2.50. The van der Waals surface area contributed by atoms with Gasteiger partial charge in [0.1, 0.15) is 22.0 Å². The number of aryl methyl sites for hydroxylation is 1. The number of ether oxygens (including phenoxy) is 1. The number of aromatic nitrogens is 2. The Morgan fingerprint density at radius 3 is 2.84 bits per heavy atom. The second-order valence-electron chi connectivity index (χ2n) is 4.05. The molecule has 4 nitrogen and oxygen atoms in total. The number of hydrogen-bond donors (Lipinski definition) is 1. The van der Waals surface area contributed by atoms with Crippen LogP contribution in [-0.4, -0.2) is 17.1 Å². The first-order valence-electron chi connectivity index (χ1n) is 6.11. The van der Waals surface area contributed by atoms with E-state index in [9.17, 15) is 0 Å². The van der Waals surface area contributed by atoms with Crippen LogP contribution in [0.25, 0.3) is 0 Å². The van der Waals surface area contributed by atoms with Gasteiger partial charge in [-0.1, -0.05) is 19.1 Å². The minimum Gasteiger partial charge on any atom is -0.497 e. The van der Waals surface area contributed by atoms with E-state index in [4.69, 9.17) is 4.74 Å². The quantitative estimate of drug-likeness (QED) is 0.857. The number of methoxy groups -OCH3 is 1. The van der Waals surface area contributed by atoms with Crippen LogP contribution in [0.5, 0.6) is 5.75 Å². The maximum Gasteiger partial charge on any atom is 0.131 e. The predicted octanol–water partition coefficient (Wildman–Crippen LogP) is 3.42. The van der Waals surface area contributed by atoms with Gasteiger partial charge < -0.3 is 10.1 Å². The Kier molecular flexibility index (Phi) is 4.74. The van der Waals surface area contributed by atoms with E-state index >= 15 is 0 Å². The van der Waals surface area contributed by atoms with Crippen LogP contribution < -0.4 is 10.1 Å². The molecule has 0 spiro atoms. The van der Waals surface area contributed by atoms with Crippen molar-refractivity contribution < 1.29 is 4.74 Å². The number of anilines is 1. The molecule has 0 aliphatic carbocycles. The van der Waals surface area contributed by atoms with Crippen LogP contribution in [0.1, 0.15) is 18.3 Å². The van der Waals surface area contributed by atoms with Gasteiger partial charge in [-0.25, -0.2) is 9.97 Å². The molecule has 2 rings (SSSR count). The number of nitrogens with one attached hydrogen (secondary N) is 1. The molecule has 5 heteroatoms. The average Bonchev–Trinajstić information content (AvgIpc) is 2.44. The summed E-state index contributed by atoms with van der Waals surface area (Å²) in [7, 11) is 1.67. The highest BCUT2D eigenvalue weighted by Crippen LogP contribution is 2.16. The average molecular weight is 322 g/mol. The van der Waals surface area contributed by atoms with Crippen LogP contribution in [0.4, 0.5) is 5.82 Å². The van der Waals surface area contributed by atoms with Crippen molar-refractivity contribution in [2.45, 2.75) is 19.9 Å². The maximum absolute atomic E-state index is 5.20. The summed E-state index contributed by atoms with van der Waals surface area (Å²) >= 11 is 3.39. The van der Waals surface area contributed by atoms with Crippen molar-refractivity contribution in [2.24, 2.45) is 0 Å². The van der Waals surface area contributed by atoms with E-state index < -0.39 is 0 Å². The van der Waals surface area contributed by atoms with E-state index in [2.05, 4.69) is 31.2 Å². The number of hydrogen-bond acceptors (Lipinski definition) is 4. The largest absolute Gasteiger partial charge is 0.497 e. The second-order valence-corrected chi connectivity index (χ2v) is 4.86. The van der Waals surface area contributed by atoms with Gasteiger partial charge in [0.25, 0.3) is 0 Å². The smallest absolute Gasteiger partial charge is 0.131 e. The zero-order valence-corrected chi connectivity index (χ0v) is 12.6. The molecule has 1 aromatic carbocycles. The summed E-state index contributed by atoms with van der Waals surface area (Å²) in [5, 5.41) is 3.29. The first kappa shape index (κ1) is 13.8. The van der Waals surface area contributed by atoms with Gasteiger partial charge in [0, 0.05) is 19.0 Å². The van der Waals surface area contributed by atoms with Crippen LogP contribution in [0.3, 0.4) is 0 Å². The third kappa shape index (κ3) is 3.92. The second kappa shape index (κ2) is 6.52. The molecule has 0 bridgehead atoms. The molecule has 0 saturated heterocycles. The maximum atomic E-state index is 5.20. The molecule has 0 aliphatic rings. The SMILES string of the molecule is CCc1nc(Br)cc(NCc2cccc(OC)c2)n1. The van der Waals surface area contributed by atoms with Gasteiger partial charge in [0.15, 0.2) is 0 Å². The van der Waals surface area contributed by atoms with E-state index in [0.29, 0.717) is 6.54 Å². The molecule has 100 valence electrons. The monoisotopic (exact) mass is 321 g/mol. The summed E-state index contributed by atoms with van der Waals surface area (Å²) < 4.78 is 6.00. The molecule has 1 N–H and O–H groups in total. The Balaban J connectivity index is 2.07. The van der Waals surface area contributed by atoms with Gasteiger partial charge in [0.2, 0.25) is 0 Å². The zero-order chi connectivity index (χ0) is 13.7. The standard InChI is InChI=1S/C14H16BrN3O/c1-3-13-17-12(15)8-14(18-13)16-9-10-5-4-6-11(7-10)19-2/h4-8H,3,9H2,1-2H3,(H,16,17,18). The lowest BCUT2D eigenvalue weighted by atomic mass is 10.2. The highest BCUT2D eigenvalue weighted by molar-refractivity contribution is 9.10. The first-order chi connectivity index (χ1) is 9.21. The Bertz CT molecular complexity index is 560. The summed E-state index contributed by atoms with van der Waals surface area (Å²) in [4.78, 5) is 8.71. The number of nitrogens with zero attached hydrogens (tertiary/aromatic N) is 2. The van der Waals surface area contributed by atoms with Crippen molar-refractivity contribution in [1.29, 1.82) is 0 Å². The lowest BCUT2D eigenvalue weighted by Crippen LogP contribution is -2.04. The topological polar surface area (TPSA) is 47.0 Å². The van der Waals surface area contributed by atoms with E-state index in [1.165, 1.54) is 0 Å². The molecule has 0 atom stereocenters. The minimum absolute atomic E-state index is 0.698. The molecule has 0 fully saturated rings. The van der Waals surface area contributed by atoms with Crippen LogP contribution in [0.2, 0.25) is 0 Å². The molecule has 2 aromatic rings. The third-order valence-electron chi connectivity index (χ3n) is 2.67. The van der Waals surface area contributed by atoms with Crippen LogP contribution >= 0.6 is 15.9 Å². The molecule has 19 heavy (non-hydrogen) atoms. The molecule has 0 aliphatic heterocycles. The Labute approximate surface area is 121 Å². The predicted molar refractivity (Wildman–Crippen MR) is 79.4 cm³/mol. The number of rotatable bonds is 5. The first-order valence-corrected chi connectivity index (χ1v) is 6.91.